The molecule has 0 bridgehead atoms. The monoisotopic (exact) mass is 239 g/mol. The molecule has 6 heteroatoms. The fourth-order valence-electron chi connectivity index (χ4n) is 1.47. The lowest BCUT2D eigenvalue weighted by Gasteiger charge is -2.06. The lowest BCUT2D eigenvalue weighted by molar-refractivity contribution is 0.283. The van der Waals surface area contributed by atoms with Gasteiger partial charge in [-0.1, -0.05) is 6.92 Å². The minimum atomic E-state index is 0.249. The predicted molar refractivity (Wildman–Crippen MR) is 67.7 cm³/mol. The van der Waals surface area contributed by atoms with Crippen LogP contribution in [0, 0.1) is 0 Å². The van der Waals surface area contributed by atoms with Gasteiger partial charge in [0.2, 0.25) is 11.9 Å². The van der Waals surface area contributed by atoms with E-state index in [1.54, 1.807) is 0 Å². The van der Waals surface area contributed by atoms with E-state index in [1.807, 2.05) is 0 Å². The first kappa shape index (κ1) is 13.6. The summed E-state index contributed by atoms with van der Waals surface area (Å²) in [6.45, 7) is 3.11. The highest BCUT2D eigenvalue weighted by Gasteiger charge is 2.02. The van der Waals surface area contributed by atoms with Crippen LogP contribution >= 0.6 is 0 Å². The van der Waals surface area contributed by atoms with Gasteiger partial charge in [0.25, 0.3) is 0 Å². The molecule has 0 spiro atoms. The molecule has 1 aromatic rings. The largest absolute Gasteiger partial charge is 0.396 e. The van der Waals surface area contributed by atoms with Crippen molar-refractivity contribution in [2.45, 2.75) is 39.0 Å². The SMILES string of the molecule is CCCc1nc(N)nc(NCCCCCO)n1. The average molecular weight is 239 g/mol. The van der Waals surface area contributed by atoms with Crippen molar-refractivity contribution in [1.82, 2.24) is 15.0 Å². The van der Waals surface area contributed by atoms with Gasteiger partial charge in [-0.25, -0.2) is 0 Å². The summed E-state index contributed by atoms with van der Waals surface area (Å²) in [5.41, 5.74) is 5.61. The molecule has 0 saturated carbocycles. The first-order chi connectivity index (χ1) is 8.26. The maximum Gasteiger partial charge on any atom is 0.227 e. The second-order valence-electron chi connectivity index (χ2n) is 3.89. The van der Waals surface area contributed by atoms with Crippen LogP contribution in [0.4, 0.5) is 11.9 Å². The van der Waals surface area contributed by atoms with E-state index in [1.165, 1.54) is 0 Å². The maximum atomic E-state index is 8.64. The number of aryl methyl sites for hydroxylation is 1. The Morgan fingerprint density at radius 2 is 2.00 bits per heavy atom. The molecule has 0 atom stereocenters. The molecule has 96 valence electrons. The minimum absolute atomic E-state index is 0.249. The van der Waals surface area contributed by atoms with Gasteiger partial charge in [0.05, 0.1) is 0 Å². The van der Waals surface area contributed by atoms with Gasteiger partial charge >= 0.3 is 0 Å². The highest BCUT2D eigenvalue weighted by atomic mass is 16.2. The fraction of sp³-hybridized carbons (Fsp3) is 0.727. The number of anilines is 2. The lowest BCUT2D eigenvalue weighted by atomic mass is 10.2. The molecule has 1 aromatic heterocycles. The Hall–Kier alpha value is -1.43. The summed E-state index contributed by atoms with van der Waals surface area (Å²) < 4.78 is 0. The summed E-state index contributed by atoms with van der Waals surface area (Å²) in [5.74, 6) is 1.55. The number of nitrogens with zero attached hydrogens (tertiary/aromatic N) is 3. The normalized spacial score (nSPS) is 10.5. The molecular formula is C11H21N5O. The Morgan fingerprint density at radius 3 is 2.71 bits per heavy atom. The zero-order valence-corrected chi connectivity index (χ0v) is 10.3. The topological polar surface area (TPSA) is 97.0 Å². The molecule has 0 aromatic carbocycles. The van der Waals surface area contributed by atoms with Crippen molar-refractivity contribution in [3.8, 4) is 0 Å². The standard InChI is InChI=1S/C11H21N5O/c1-2-6-9-14-10(12)16-11(15-9)13-7-4-3-5-8-17/h17H,2-8H2,1H3,(H3,12,13,14,15,16). The Labute approximate surface area is 102 Å². The van der Waals surface area contributed by atoms with E-state index in [4.69, 9.17) is 10.8 Å². The van der Waals surface area contributed by atoms with Crippen LogP contribution in [0.5, 0.6) is 0 Å². The van der Waals surface area contributed by atoms with Crippen LogP contribution in [0.15, 0.2) is 0 Å². The van der Waals surface area contributed by atoms with Crippen molar-refractivity contribution in [2.75, 3.05) is 24.2 Å². The summed E-state index contributed by atoms with van der Waals surface area (Å²) in [6, 6.07) is 0. The second-order valence-corrected chi connectivity index (χ2v) is 3.89. The van der Waals surface area contributed by atoms with Crippen LogP contribution in [0.2, 0.25) is 0 Å². The number of hydrogen-bond acceptors (Lipinski definition) is 6. The first-order valence-corrected chi connectivity index (χ1v) is 6.11. The molecule has 0 aliphatic rings. The molecule has 0 fully saturated rings. The smallest absolute Gasteiger partial charge is 0.227 e. The number of unbranched alkanes of at least 4 members (excludes halogenated alkanes) is 2. The maximum absolute atomic E-state index is 8.64. The predicted octanol–water partition coefficient (Wildman–Crippen LogP) is 0.981. The van der Waals surface area contributed by atoms with Gasteiger partial charge in [-0.05, 0) is 25.7 Å². The van der Waals surface area contributed by atoms with Gasteiger partial charge in [0.1, 0.15) is 5.82 Å². The van der Waals surface area contributed by atoms with Crippen LogP contribution in [-0.2, 0) is 6.42 Å². The molecule has 1 heterocycles. The number of rotatable bonds is 8. The number of aliphatic hydroxyl groups is 1. The van der Waals surface area contributed by atoms with Crippen LogP contribution in [0.25, 0.3) is 0 Å². The second kappa shape index (κ2) is 7.78. The van der Waals surface area contributed by atoms with Crippen molar-refractivity contribution in [1.29, 1.82) is 0 Å². The number of hydrogen-bond donors (Lipinski definition) is 3. The van der Waals surface area contributed by atoms with Crippen molar-refractivity contribution < 1.29 is 5.11 Å². The highest BCUT2D eigenvalue weighted by Crippen LogP contribution is 2.05. The van der Waals surface area contributed by atoms with Gasteiger partial charge < -0.3 is 16.2 Å². The molecule has 4 N–H and O–H groups in total. The third-order valence-electron chi connectivity index (χ3n) is 2.29. The van der Waals surface area contributed by atoms with Crippen molar-refractivity contribution in [2.24, 2.45) is 0 Å². The number of aliphatic hydroxyl groups excluding tert-OH is 1. The Morgan fingerprint density at radius 1 is 1.18 bits per heavy atom. The molecule has 0 unspecified atom stereocenters. The average Bonchev–Trinajstić information content (AvgIpc) is 2.28. The zero-order chi connectivity index (χ0) is 12.5. The van der Waals surface area contributed by atoms with Gasteiger partial charge in [-0.3, -0.25) is 0 Å². The van der Waals surface area contributed by atoms with Crippen LogP contribution < -0.4 is 11.1 Å². The Balaban J connectivity index is 2.41. The van der Waals surface area contributed by atoms with E-state index in [9.17, 15) is 0 Å². The van der Waals surface area contributed by atoms with Crippen LogP contribution in [0.1, 0.15) is 38.4 Å². The molecule has 0 saturated heterocycles. The molecule has 17 heavy (non-hydrogen) atoms. The fourth-order valence-corrected chi connectivity index (χ4v) is 1.47. The van der Waals surface area contributed by atoms with E-state index in [0.717, 1.165) is 44.5 Å². The van der Waals surface area contributed by atoms with E-state index in [2.05, 4.69) is 27.2 Å². The number of nitrogens with two attached hydrogens (primary N) is 1. The van der Waals surface area contributed by atoms with E-state index in [-0.39, 0.29) is 12.6 Å². The summed E-state index contributed by atoms with van der Waals surface area (Å²) >= 11 is 0. The Bertz CT molecular complexity index is 332. The van der Waals surface area contributed by atoms with Gasteiger partial charge in [0.15, 0.2) is 0 Å². The molecule has 0 radical (unpaired) electrons. The van der Waals surface area contributed by atoms with E-state index in [0.29, 0.717) is 5.95 Å². The third kappa shape index (κ3) is 5.44. The number of nitrogen functional groups attached to an aromatic ring is 1. The Kier molecular flexibility index (Phi) is 6.24. The summed E-state index contributed by atoms with van der Waals surface area (Å²) in [7, 11) is 0. The highest BCUT2D eigenvalue weighted by molar-refractivity contribution is 5.30. The molecule has 6 nitrogen and oxygen atoms in total. The number of nitrogens with one attached hydrogen (secondary N) is 1. The molecular weight excluding hydrogens is 218 g/mol. The molecule has 0 amide bonds. The summed E-state index contributed by atoms with van der Waals surface area (Å²) in [6.07, 6.45) is 4.61. The summed E-state index contributed by atoms with van der Waals surface area (Å²) in [5, 5.41) is 11.8. The summed E-state index contributed by atoms with van der Waals surface area (Å²) in [4.78, 5) is 12.4. The van der Waals surface area contributed by atoms with Gasteiger partial charge in [-0.2, -0.15) is 15.0 Å². The first-order valence-electron chi connectivity index (χ1n) is 6.11. The quantitative estimate of drug-likeness (QED) is 0.585. The van der Waals surface area contributed by atoms with Crippen molar-refractivity contribution in [3.05, 3.63) is 5.82 Å². The van der Waals surface area contributed by atoms with Crippen molar-refractivity contribution in [3.63, 3.8) is 0 Å². The molecule has 1 rings (SSSR count). The van der Waals surface area contributed by atoms with Gasteiger partial charge in [-0.15, -0.1) is 0 Å². The lowest BCUT2D eigenvalue weighted by Crippen LogP contribution is -2.10. The molecule has 0 aliphatic carbocycles. The van der Waals surface area contributed by atoms with Crippen LogP contribution in [0.3, 0.4) is 0 Å². The third-order valence-corrected chi connectivity index (χ3v) is 2.29. The number of aromatic nitrogens is 3. The molecule has 0 aliphatic heterocycles. The van der Waals surface area contributed by atoms with Crippen molar-refractivity contribution >= 4 is 11.9 Å². The van der Waals surface area contributed by atoms with Gasteiger partial charge in [0, 0.05) is 19.6 Å². The van der Waals surface area contributed by atoms with E-state index >= 15 is 0 Å². The minimum Gasteiger partial charge on any atom is -0.396 e. The van der Waals surface area contributed by atoms with Crippen LogP contribution in [-0.4, -0.2) is 33.2 Å². The van der Waals surface area contributed by atoms with E-state index < -0.39 is 0 Å². The zero-order valence-electron chi connectivity index (χ0n) is 10.3.